The molecule has 1 aromatic carbocycles. The minimum atomic E-state index is -0.174. The molecular formula is C15H19N3OS. The van der Waals surface area contributed by atoms with Crippen LogP contribution < -0.4 is 5.32 Å². The zero-order valence-corrected chi connectivity index (χ0v) is 12.7. The van der Waals surface area contributed by atoms with E-state index in [4.69, 9.17) is 0 Å². The number of aromatic nitrogens is 2. The first-order valence-corrected chi connectivity index (χ1v) is 7.51. The van der Waals surface area contributed by atoms with Crippen molar-refractivity contribution in [2.45, 2.75) is 37.2 Å². The van der Waals surface area contributed by atoms with Gasteiger partial charge in [-0.25, -0.2) is 4.98 Å². The van der Waals surface area contributed by atoms with Crippen LogP contribution in [0, 0.1) is 0 Å². The molecule has 5 heteroatoms. The van der Waals surface area contributed by atoms with Crippen molar-refractivity contribution in [1.29, 1.82) is 0 Å². The van der Waals surface area contributed by atoms with E-state index < -0.39 is 0 Å². The summed E-state index contributed by atoms with van der Waals surface area (Å²) in [5, 5.41) is 3.49. The molecule has 0 aliphatic carbocycles. The largest absolute Gasteiger partial charge is 0.353 e. The number of carbonyl (C=O) groups is 1. The molecule has 1 heterocycles. The van der Waals surface area contributed by atoms with Crippen LogP contribution in [0.25, 0.3) is 11.3 Å². The Morgan fingerprint density at radius 3 is 2.60 bits per heavy atom. The van der Waals surface area contributed by atoms with Gasteiger partial charge in [-0.15, -0.1) is 0 Å². The normalized spacial score (nSPS) is 12.4. The number of imidazole rings is 1. The second kappa shape index (κ2) is 6.61. The van der Waals surface area contributed by atoms with Gasteiger partial charge in [0.25, 0.3) is 0 Å². The smallest absolute Gasteiger partial charge is 0.233 e. The highest BCUT2D eigenvalue weighted by molar-refractivity contribution is 8.00. The maximum Gasteiger partial charge on any atom is 0.233 e. The number of carbonyl (C=O) groups excluding carboxylic acids is 1. The summed E-state index contributed by atoms with van der Waals surface area (Å²) >= 11 is 1.43. The van der Waals surface area contributed by atoms with Gasteiger partial charge in [0, 0.05) is 6.04 Å². The lowest BCUT2D eigenvalue weighted by Crippen LogP contribution is -2.35. The Labute approximate surface area is 123 Å². The van der Waals surface area contributed by atoms with Gasteiger partial charge >= 0.3 is 0 Å². The fourth-order valence-corrected chi connectivity index (χ4v) is 2.54. The summed E-state index contributed by atoms with van der Waals surface area (Å²) in [6.45, 7) is 5.79. The van der Waals surface area contributed by atoms with Crippen molar-refractivity contribution in [3.63, 3.8) is 0 Å². The first-order valence-electron chi connectivity index (χ1n) is 6.63. The van der Waals surface area contributed by atoms with Gasteiger partial charge in [0.05, 0.1) is 17.1 Å². The maximum atomic E-state index is 11.9. The molecule has 106 valence electrons. The molecule has 0 radical (unpaired) electrons. The highest BCUT2D eigenvalue weighted by Crippen LogP contribution is 2.24. The number of rotatable bonds is 5. The van der Waals surface area contributed by atoms with E-state index in [1.54, 1.807) is 6.20 Å². The van der Waals surface area contributed by atoms with Crippen LogP contribution in [-0.4, -0.2) is 27.2 Å². The van der Waals surface area contributed by atoms with Crippen molar-refractivity contribution in [3.05, 3.63) is 36.5 Å². The van der Waals surface area contributed by atoms with Gasteiger partial charge < -0.3 is 10.3 Å². The van der Waals surface area contributed by atoms with E-state index >= 15 is 0 Å². The molecular weight excluding hydrogens is 270 g/mol. The number of thioether (sulfide) groups is 1. The summed E-state index contributed by atoms with van der Waals surface area (Å²) in [6.07, 6.45) is 1.80. The molecule has 0 saturated carbocycles. The van der Waals surface area contributed by atoms with Crippen molar-refractivity contribution in [3.8, 4) is 11.3 Å². The summed E-state index contributed by atoms with van der Waals surface area (Å²) in [6, 6.07) is 10.2. The minimum absolute atomic E-state index is 0.0302. The summed E-state index contributed by atoms with van der Waals surface area (Å²) in [5.74, 6) is 0.0302. The van der Waals surface area contributed by atoms with Gasteiger partial charge in [0.2, 0.25) is 5.91 Å². The van der Waals surface area contributed by atoms with Crippen LogP contribution in [0.1, 0.15) is 20.8 Å². The minimum Gasteiger partial charge on any atom is -0.353 e. The third kappa shape index (κ3) is 3.87. The molecule has 20 heavy (non-hydrogen) atoms. The average molecular weight is 289 g/mol. The van der Waals surface area contributed by atoms with E-state index in [2.05, 4.69) is 15.3 Å². The van der Waals surface area contributed by atoms with E-state index in [-0.39, 0.29) is 17.2 Å². The Morgan fingerprint density at radius 2 is 1.95 bits per heavy atom. The molecule has 0 aliphatic rings. The third-order valence-corrected chi connectivity index (χ3v) is 3.72. The highest BCUT2D eigenvalue weighted by atomic mass is 32.2. The Balaban J connectivity index is 2.01. The van der Waals surface area contributed by atoms with Crippen molar-refractivity contribution < 1.29 is 4.79 Å². The molecule has 1 amide bonds. The quantitative estimate of drug-likeness (QED) is 0.832. The van der Waals surface area contributed by atoms with E-state index in [9.17, 15) is 4.79 Å². The number of hydrogen-bond acceptors (Lipinski definition) is 3. The lowest BCUT2D eigenvalue weighted by Gasteiger charge is -2.12. The number of aromatic amines is 1. The second-order valence-corrected chi connectivity index (χ2v) is 6.22. The van der Waals surface area contributed by atoms with Crippen molar-refractivity contribution >= 4 is 17.7 Å². The van der Waals surface area contributed by atoms with Crippen molar-refractivity contribution in [2.24, 2.45) is 0 Å². The summed E-state index contributed by atoms with van der Waals surface area (Å²) < 4.78 is 0. The predicted octanol–water partition coefficient (Wildman–Crippen LogP) is 3.08. The molecule has 0 bridgehead atoms. The molecule has 2 rings (SSSR count). The van der Waals surface area contributed by atoms with Crippen LogP contribution in [0.4, 0.5) is 0 Å². The molecule has 0 saturated heterocycles. The van der Waals surface area contributed by atoms with Crippen molar-refractivity contribution in [1.82, 2.24) is 15.3 Å². The van der Waals surface area contributed by atoms with Crippen molar-refractivity contribution in [2.75, 3.05) is 0 Å². The van der Waals surface area contributed by atoms with E-state index in [1.165, 1.54) is 11.8 Å². The zero-order valence-electron chi connectivity index (χ0n) is 11.9. The average Bonchev–Trinajstić information content (AvgIpc) is 2.87. The Morgan fingerprint density at radius 1 is 1.25 bits per heavy atom. The molecule has 1 unspecified atom stereocenters. The maximum absolute atomic E-state index is 11.9. The van der Waals surface area contributed by atoms with E-state index in [1.807, 2.05) is 51.1 Å². The topological polar surface area (TPSA) is 57.8 Å². The number of nitrogens with one attached hydrogen (secondary N) is 2. The lowest BCUT2D eigenvalue weighted by atomic mass is 10.2. The van der Waals surface area contributed by atoms with Gasteiger partial charge in [0.15, 0.2) is 5.16 Å². The summed E-state index contributed by atoms with van der Waals surface area (Å²) in [7, 11) is 0. The Kier molecular flexibility index (Phi) is 4.84. The number of H-pyrrole nitrogens is 1. The van der Waals surface area contributed by atoms with Crippen LogP contribution in [0.3, 0.4) is 0 Å². The first-order chi connectivity index (χ1) is 9.56. The van der Waals surface area contributed by atoms with Gasteiger partial charge in [-0.2, -0.15) is 0 Å². The van der Waals surface area contributed by atoms with Gasteiger partial charge in [-0.1, -0.05) is 42.1 Å². The highest BCUT2D eigenvalue weighted by Gasteiger charge is 2.16. The predicted molar refractivity (Wildman–Crippen MR) is 82.6 cm³/mol. The molecule has 0 aliphatic heterocycles. The van der Waals surface area contributed by atoms with Crippen LogP contribution in [-0.2, 0) is 4.79 Å². The Hall–Kier alpha value is -1.75. The van der Waals surface area contributed by atoms with Crippen LogP contribution >= 0.6 is 11.8 Å². The number of benzene rings is 1. The third-order valence-electron chi connectivity index (χ3n) is 2.73. The monoisotopic (exact) mass is 289 g/mol. The Bertz CT molecular complexity index is 566. The van der Waals surface area contributed by atoms with E-state index in [0.717, 1.165) is 16.4 Å². The fraction of sp³-hybridized carbons (Fsp3) is 0.333. The van der Waals surface area contributed by atoms with Gasteiger partial charge in [-0.05, 0) is 26.3 Å². The number of hydrogen-bond donors (Lipinski definition) is 2. The molecule has 0 spiro atoms. The number of nitrogens with zero attached hydrogens (tertiary/aromatic N) is 1. The standard InChI is InChI=1S/C15H19N3OS/c1-10(2)17-14(19)11(3)20-15-16-9-13(18-15)12-7-5-4-6-8-12/h4-11H,1-3H3,(H,16,18)(H,17,19). The summed E-state index contributed by atoms with van der Waals surface area (Å²) in [4.78, 5) is 19.4. The molecule has 2 aromatic rings. The van der Waals surface area contributed by atoms with Gasteiger partial charge in [-0.3, -0.25) is 4.79 Å². The lowest BCUT2D eigenvalue weighted by molar-refractivity contribution is -0.120. The molecule has 4 nitrogen and oxygen atoms in total. The molecule has 1 atom stereocenters. The van der Waals surface area contributed by atoms with Crippen LogP contribution in [0.2, 0.25) is 0 Å². The first kappa shape index (κ1) is 14.7. The molecule has 0 fully saturated rings. The second-order valence-electron chi connectivity index (χ2n) is 4.89. The molecule has 1 aromatic heterocycles. The van der Waals surface area contributed by atoms with Crippen LogP contribution in [0.5, 0.6) is 0 Å². The fourth-order valence-electron chi connectivity index (χ4n) is 1.75. The van der Waals surface area contributed by atoms with E-state index in [0.29, 0.717) is 0 Å². The SMILES string of the molecule is CC(C)NC(=O)C(C)Sc1ncc(-c2ccccc2)[nH]1. The summed E-state index contributed by atoms with van der Waals surface area (Å²) in [5.41, 5.74) is 2.05. The zero-order chi connectivity index (χ0) is 14.5. The molecule has 2 N–H and O–H groups in total. The van der Waals surface area contributed by atoms with Gasteiger partial charge in [0.1, 0.15) is 0 Å². The number of amides is 1. The van der Waals surface area contributed by atoms with Crippen LogP contribution in [0.15, 0.2) is 41.7 Å².